The van der Waals surface area contributed by atoms with Gasteiger partial charge in [-0.15, -0.1) is 0 Å². The van der Waals surface area contributed by atoms with Gasteiger partial charge < -0.3 is 9.73 Å². The first-order valence-corrected chi connectivity index (χ1v) is 8.57. The third kappa shape index (κ3) is 4.01. The van der Waals surface area contributed by atoms with Gasteiger partial charge in [-0.05, 0) is 43.9 Å². The average Bonchev–Trinajstić information content (AvgIpc) is 2.79. The van der Waals surface area contributed by atoms with E-state index < -0.39 is 0 Å². The number of nitrogens with one attached hydrogen (secondary N) is 1. The standard InChI is InChI=1S/C15H20BrNOS/c1-4-19-9-10(2)17-11(3)15-8-12-7-13(16)5-6-14(12)18-15/h5-8,10-11,17H,4,9H2,1-3H3. The molecule has 104 valence electrons. The molecular formula is C15H20BrNOS. The molecule has 4 heteroatoms. The Kier molecular flexibility index (Phi) is 5.37. The molecule has 0 fully saturated rings. The van der Waals surface area contributed by atoms with E-state index in [-0.39, 0.29) is 6.04 Å². The molecule has 0 spiro atoms. The van der Waals surface area contributed by atoms with Crippen LogP contribution in [0.2, 0.25) is 0 Å². The van der Waals surface area contributed by atoms with E-state index in [1.54, 1.807) is 0 Å². The fourth-order valence-electron chi connectivity index (χ4n) is 2.10. The van der Waals surface area contributed by atoms with E-state index in [0.29, 0.717) is 6.04 Å². The molecule has 1 heterocycles. The second-order valence-corrected chi connectivity index (χ2v) is 7.01. The van der Waals surface area contributed by atoms with E-state index in [4.69, 9.17) is 4.42 Å². The lowest BCUT2D eigenvalue weighted by molar-refractivity contribution is 0.426. The second-order valence-electron chi connectivity index (χ2n) is 4.78. The van der Waals surface area contributed by atoms with E-state index in [1.807, 2.05) is 23.9 Å². The van der Waals surface area contributed by atoms with Crippen LogP contribution in [0.5, 0.6) is 0 Å². The maximum atomic E-state index is 5.90. The Balaban J connectivity index is 2.06. The Morgan fingerprint density at radius 1 is 1.32 bits per heavy atom. The molecular weight excluding hydrogens is 322 g/mol. The van der Waals surface area contributed by atoms with Crippen molar-refractivity contribution in [2.24, 2.45) is 0 Å². The lowest BCUT2D eigenvalue weighted by Crippen LogP contribution is -2.30. The number of thioether (sulfide) groups is 1. The first-order valence-electron chi connectivity index (χ1n) is 6.63. The van der Waals surface area contributed by atoms with Crippen LogP contribution in [0, 0.1) is 0 Å². The summed E-state index contributed by atoms with van der Waals surface area (Å²) in [6.45, 7) is 6.57. The van der Waals surface area contributed by atoms with E-state index in [2.05, 4.69) is 54.2 Å². The summed E-state index contributed by atoms with van der Waals surface area (Å²) in [5.74, 6) is 3.30. The van der Waals surface area contributed by atoms with Crippen LogP contribution in [0.1, 0.15) is 32.6 Å². The van der Waals surface area contributed by atoms with Crippen molar-refractivity contribution in [1.82, 2.24) is 5.32 Å². The number of furan rings is 1. The van der Waals surface area contributed by atoms with Crippen molar-refractivity contribution < 1.29 is 4.42 Å². The van der Waals surface area contributed by atoms with Crippen LogP contribution in [-0.4, -0.2) is 17.5 Å². The molecule has 2 aromatic rings. The van der Waals surface area contributed by atoms with Gasteiger partial charge in [0.25, 0.3) is 0 Å². The largest absolute Gasteiger partial charge is 0.459 e. The number of benzene rings is 1. The van der Waals surface area contributed by atoms with Crippen LogP contribution in [-0.2, 0) is 0 Å². The summed E-state index contributed by atoms with van der Waals surface area (Å²) in [6, 6.07) is 8.95. The fraction of sp³-hybridized carbons (Fsp3) is 0.467. The smallest absolute Gasteiger partial charge is 0.134 e. The number of hydrogen-bond acceptors (Lipinski definition) is 3. The zero-order chi connectivity index (χ0) is 13.8. The Bertz CT molecular complexity index is 540. The van der Waals surface area contributed by atoms with Gasteiger partial charge in [-0.25, -0.2) is 0 Å². The van der Waals surface area contributed by atoms with Crippen LogP contribution >= 0.6 is 27.7 Å². The molecule has 0 saturated carbocycles. The molecule has 0 aliphatic carbocycles. The summed E-state index contributed by atoms with van der Waals surface area (Å²) in [7, 11) is 0. The summed E-state index contributed by atoms with van der Waals surface area (Å²) in [5.41, 5.74) is 0.947. The Morgan fingerprint density at radius 2 is 2.11 bits per heavy atom. The van der Waals surface area contributed by atoms with Crippen molar-refractivity contribution >= 4 is 38.7 Å². The Labute approximate surface area is 127 Å². The lowest BCUT2D eigenvalue weighted by Gasteiger charge is -2.17. The highest BCUT2D eigenvalue weighted by Crippen LogP contribution is 2.26. The topological polar surface area (TPSA) is 25.2 Å². The third-order valence-corrected chi connectivity index (χ3v) is 4.67. The maximum Gasteiger partial charge on any atom is 0.134 e. The van der Waals surface area contributed by atoms with Gasteiger partial charge in [0, 0.05) is 21.7 Å². The second kappa shape index (κ2) is 6.82. The number of halogens is 1. The van der Waals surface area contributed by atoms with E-state index in [0.717, 1.165) is 27.0 Å². The summed E-state index contributed by atoms with van der Waals surface area (Å²) in [5, 5.41) is 4.73. The fourth-order valence-corrected chi connectivity index (χ4v) is 3.16. The van der Waals surface area contributed by atoms with Crippen LogP contribution < -0.4 is 5.32 Å². The summed E-state index contributed by atoms with van der Waals surface area (Å²) in [6.07, 6.45) is 0. The van der Waals surface area contributed by atoms with E-state index >= 15 is 0 Å². The summed E-state index contributed by atoms with van der Waals surface area (Å²) >= 11 is 5.45. The molecule has 1 aromatic heterocycles. The number of hydrogen-bond donors (Lipinski definition) is 1. The predicted octanol–water partition coefficient (Wildman–Crippen LogP) is 4.99. The molecule has 19 heavy (non-hydrogen) atoms. The highest BCUT2D eigenvalue weighted by atomic mass is 79.9. The van der Waals surface area contributed by atoms with Gasteiger partial charge >= 0.3 is 0 Å². The average molecular weight is 342 g/mol. The Morgan fingerprint density at radius 3 is 2.84 bits per heavy atom. The lowest BCUT2D eigenvalue weighted by atomic mass is 10.2. The normalized spacial score (nSPS) is 14.7. The summed E-state index contributed by atoms with van der Waals surface area (Å²) in [4.78, 5) is 0. The quantitative estimate of drug-likeness (QED) is 0.801. The minimum Gasteiger partial charge on any atom is -0.459 e. The first kappa shape index (κ1) is 14.9. The van der Waals surface area contributed by atoms with Gasteiger partial charge in [-0.1, -0.05) is 22.9 Å². The molecule has 0 amide bonds. The van der Waals surface area contributed by atoms with Crippen molar-refractivity contribution in [3.63, 3.8) is 0 Å². The molecule has 2 unspecified atom stereocenters. The molecule has 1 aromatic carbocycles. The molecule has 2 nitrogen and oxygen atoms in total. The molecule has 1 N–H and O–H groups in total. The van der Waals surface area contributed by atoms with Crippen molar-refractivity contribution in [3.05, 3.63) is 34.5 Å². The first-order chi connectivity index (χ1) is 9.10. The van der Waals surface area contributed by atoms with Crippen molar-refractivity contribution in [2.45, 2.75) is 32.9 Å². The summed E-state index contributed by atoms with van der Waals surface area (Å²) < 4.78 is 6.98. The highest BCUT2D eigenvalue weighted by molar-refractivity contribution is 9.10. The predicted molar refractivity (Wildman–Crippen MR) is 87.9 cm³/mol. The molecule has 2 atom stereocenters. The van der Waals surface area contributed by atoms with Gasteiger partial charge in [-0.3, -0.25) is 0 Å². The van der Waals surface area contributed by atoms with Crippen LogP contribution in [0.15, 0.2) is 33.2 Å². The van der Waals surface area contributed by atoms with Crippen LogP contribution in [0.25, 0.3) is 11.0 Å². The van der Waals surface area contributed by atoms with Crippen molar-refractivity contribution in [3.8, 4) is 0 Å². The Hall–Kier alpha value is -0.450. The van der Waals surface area contributed by atoms with Crippen molar-refractivity contribution in [1.29, 1.82) is 0 Å². The molecule has 0 radical (unpaired) electrons. The van der Waals surface area contributed by atoms with Gasteiger partial charge in [0.15, 0.2) is 0 Å². The number of rotatable bonds is 6. The minimum atomic E-state index is 0.235. The zero-order valence-electron chi connectivity index (χ0n) is 11.6. The van der Waals surface area contributed by atoms with E-state index in [9.17, 15) is 0 Å². The monoisotopic (exact) mass is 341 g/mol. The molecule has 2 rings (SSSR count). The molecule has 0 bridgehead atoms. The van der Waals surface area contributed by atoms with E-state index in [1.165, 1.54) is 5.75 Å². The minimum absolute atomic E-state index is 0.235. The molecule has 0 aliphatic heterocycles. The van der Waals surface area contributed by atoms with Gasteiger partial charge in [0.05, 0.1) is 6.04 Å². The SMILES string of the molecule is CCSCC(C)NC(C)c1cc2cc(Br)ccc2o1. The van der Waals surface area contributed by atoms with Crippen LogP contribution in [0.3, 0.4) is 0 Å². The molecule has 0 aliphatic rings. The van der Waals surface area contributed by atoms with Crippen molar-refractivity contribution in [2.75, 3.05) is 11.5 Å². The van der Waals surface area contributed by atoms with Crippen LogP contribution in [0.4, 0.5) is 0 Å². The third-order valence-electron chi connectivity index (χ3n) is 3.03. The number of fused-ring (bicyclic) bond motifs is 1. The maximum absolute atomic E-state index is 5.90. The van der Waals surface area contributed by atoms with Gasteiger partial charge in [0.1, 0.15) is 11.3 Å². The zero-order valence-corrected chi connectivity index (χ0v) is 14.0. The van der Waals surface area contributed by atoms with Gasteiger partial charge in [-0.2, -0.15) is 11.8 Å². The molecule has 0 saturated heterocycles. The highest BCUT2D eigenvalue weighted by Gasteiger charge is 2.14. The van der Waals surface area contributed by atoms with Gasteiger partial charge in [0.2, 0.25) is 0 Å².